The van der Waals surface area contributed by atoms with Gasteiger partial charge < -0.3 is 9.80 Å². The molecule has 0 atom stereocenters. The number of amides is 1. The number of benzene rings is 2. The van der Waals surface area contributed by atoms with E-state index in [1.54, 1.807) is 17.0 Å². The first kappa shape index (κ1) is 21.3. The van der Waals surface area contributed by atoms with Crippen molar-refractivity contribution in [3.8, 4) is 0 Å². The van der Waals surface area contributed by atoms with E-state index in [2.05, 4.69) is 18.7 Å². The third-order valence-corrected chi connectivity index (χ3v) is 7.16. The maximum Gasteiger partial charge on any atom is 0.253 e. The van der Waals surface area contributed by atoms with Crippen LogP contribution in [0, 0.1) is 5.82 Å². The van der Waals surface area contributed by atoms with Crippen LogP contribution in [0.25, 0.3) is 0 Å². The Kier molecular flexibility index (Phi) is 6.54. The second-order valence-electron chi connectivity index (χ2n) is 6.85. The number of piperazine rings is 1. The summed E-state index contributed by atoms with van der Waals surface area (Å²) in [6.07, 6.45) is 0. The van der Waals surface area contributed by atoms with E-state index in [9.17, 15) is 17.6 Å². The molecule has 0 spiro atoms. The highest BCUT2D eigenvalue weighted by Gasteiger charge is 2.32. The van der Waals surface area contributed by atoms with Crippen molar-refractivity contribution in [1.82, 2.24) is 9.21 Å². The predicted octanol–water partition coefficient (Wildman–Crippen LogP) is 2.82. The van der Waals surface area contributed by atoms with E-state index in [1.165, 1.54) is 22.5 Å². The molecule has 1 aliphatic rings. The fourth-order valence-corrected chi connectivity index (χ4v) is 5.00. The molecular formula is C21H26FN3O3S. The smallest absolute Gasteiger partial charge is 0.253 e. The lowest BCUT2D eigenvalue weighted by atomic mass is 10.1. The summed E-state index contributed by atoms with van der Waals surface area (Å²) in [5, 5.41) is 0. The van der Waals surface area contributed by atoms with Crippen LogP contribution < -0.4 is 4.90 Å². The summed E-state index contributed by atoms with van der Waals surface area (Å²) >= 11 is 0. The predicted molar refractivity (Wildman–Crippen MR) is 111 cm³/mol. The highest BCUT2D eigenvalue weighted by molar-refractivity contribution is 7.89. The zero-order valence-electron chi connectivity index (χ0n) is 16.7. The fraction of sp³-hybridized carbons (Fsp3) is 0.381. The Morgan fingerprint density at radius 1 is 0.966 bits per heavy atom. The van der Waals surface area contributed by atoms with E-state index >= 15 is 0 Å². The van der Waals surface area contributed by atoms with Crippen molar-refractivity contribution in [2.45, 2.75) is 18.7 Å². The maximum atomic E-state index is 13.9. The lowest BCUT2D eigenvalue weighted by molar-refractivity contribution is 0.0697. The van der Waals surface area contributed by atoms with E-state index in [1.807, 2.05) is 12.1 Å². The number of carbonyl (C=O) groups is 1. The second kappa shape index (κ2) is 8.92. The van der Waals surface area contributed by atoms with Gasteiger partial charge in [-0.25, -0.2) is 12.8 Å². The topological polar surface area (TPSA) is 60.9 Å². The Hall–Kier alpha value is -2.45. The molecule has 8 heteroatoms. The van der Waals surface area contributed by atoms with Crippen LogP contribution >= 0.6 is 0 Å². The van der Waals surface area contributed by atoms with Gasteiger partial charge in [0.05, 0.1) is 0 Å². The molecule has 6 nitrogen and oxygen atoms in total. The molecular weight excluding hydrogens is 393 g/mol. The molecule has 0 N–H and O–H groups in total. The first-order valence-corrected chi connectivity index (χ1v) is 11.2. The summed E-state index contributed by atoms with van der Waals surface area (Å²) < 4.78 is 40.5. The molecule has 2 aromatic carbocycles. The Morgan fingerprint density at radius 2 is 1.55 bits per heavy atom. The van der Waals surface area contributed by atoms with Crippen LogP contribution in [0.4, 0.5) is 10.1 Å². The summed E-state index contributed by atoms with van der Waals surface area (Å²) in [7, 11) is -3.91. The van der Waals surface area contributed by atoms with Gasteiger partial charge in [-0.3, -0.25) is 4.79 Å². The van der Waals surface area contributed by atoms with Gasteiger partial charge in [-0.05, 0) is 50.2 Å². The lowest BCUT2D eigenvalue weighted by Gasteiger charge is -2.34. The van der Waals surface area contributed by atoms with Gasteiger partial charge in [0.25, 0.3) is 5.91 Å². The SMILES string of the molecule is CCN(CC)c1ccc(C(=O)N2CCN(S(=O)(=O)c3ccccc3F)CC2)cc1. The van der Waals surface area contributed by atoms with Crippen LogP contribution in [0.3, 0.4) is 0 Å². The standard InChI is InChI=1S/C21H26FN3O3S/c1-3-23(4-2)18-11-9-17(10-12-18)21(26)24-13-15-25(16-14-24)29(27,28)20-8-6-5-7-19(20)22/h5-12H,3-4,13-16H2,1-2H3. The van der Waals surface area contributed by atoms with Crippen molar-refractivity contribution in [1.29, 1.82) is 0 Å². The molecule has 0 bridgehead atoms. The van der Waals surface area contributed by atoms with Crippen LogP contribution in [0.1, 0.15) is 24.2 Å². The average molecular weight is 420 g/mol. The number of anilines is 1. The monoisotopic (exact) mass is 419 g/mol. The van der Waals surface area contributed by atoms with Crippen molar-refractivity contribution in [3.63, 3.8) is 0 Å². The maximum absolute atomic E-state index is 13.9. The van der Waals surface area contributed by atoms with Crippen molar-refractivity contribution in [2.24, 2.45) is 0 Å². The van der Waals surface area contributed by atoms with E-state index < -0.39 is 15.8 Å². The third-order valence-electron chi connectivity index (χ3n) is 5.22. The van der Waals surface area contributed by atoms with Gasteiger partial charge in [-0.1, -0.05) is 12.1 Å². The summed E-state index contributed by atoms with van der Waals surface area (Å²) in [5.41, 5.74) is 1.64. The van der Waals surface area contributed by atoms with Gasteiger partial charge >= 0.3 is 0 Å². The number of halogens is 1. The van der Waals surface area contributed by atoms with Crippen LogP contribution in [-0.2, 0) is 10.0 Å². The summed E-state index contributed by atoms with van der Waals surface area (Å²) in [6, 6.07) is 12.8. The van der Waals surface area contributed by atoms with Crippen LogP contribution in [0.5, 0.6) is 0 Å². The van der Waals surface area contributed by atoms with Gasteiger partial charge in [-0.15, -0.1) is 0 Å². The van der Waals surface area contributed by atoms with Crippen LogP contribution in [0.2, 0.25) is 0 Å². The minimum atomic E-state index is -3.91. The van der Waals surface area contributed by atoms with Gasteiger partial charge in [0.1, 0.15) is 10.7 Å². The molecule has 1 amide bonds. The van der Waals surface area contributed by atoms with E-state index in [-0.39, 0.29) is 37.0 Å². The van der Waals surface area contributed by atoms with Crippen molar-refractivity contribution in [2.75, 3.05) is 44.2 Å². The average Bonchev–Trinajstić information content (AvgIpc) is 2.75. The lowest BCUT2D eigenvalue weighted by Crippen LogP contribution is -2.50. The van der Waals surface area contributed by atoms with Crippen molar-refractivity contribution < 1.29 is 17.6 Å². The number of sulfonamides is 1. The van der Waals surface area contributed by atoms with Crippen molar-refractivity contribution in [3.05, 3.63) is 59.9 Å². The molecule has 0 radical (unpaired) electrons. The number of hydrogen-bond donors (Lipinski definition) is 0. The number of rotatable bonds is 6. The first-order chi connectivity index (χ1) is 13.9. The van der Waals surface area contributed by atoms with E-state index in [0.717, 1.165) is 24.8 Å². The Balaban J connectivity index is 1.66. The molecule has 156 valence electrons. The molecule has 1 saturated heterocycles. The Bertz CT molecular complexity index is 951. The van der Waals surface area contributed by atoms with Crippen molar-refractivity contribution >= 4 is 21.6 Å². The molecule has 0 saturated carbocycles. The number of hydrogen-bond acceptors (Lipinski definition) is 4. The number of nitrogens with zero attached hydrogens (tertiary/aromatic N) is 3. The molecule has 1 heterocycles. The largest absolute Gasteiger partial charge is 0.372 e. The normalized spacial score (nSPS) is 15.3. The summed E-state index contributed by atoms with van der Waals surface area (Å²) in [6.45, 7) is 6.76. The minimum Gasteiger partial charge on any atom is -0.372 e. The minimum absolute atomic E-state index is 0.126. The van der Waals surface area contributed by atoms with E-state index in [4.69, 9.17) is 0 Å². The van der Waals surface area contributed by atoms with Gasteiger partial charge in [0, 0.05) is 50.5 Å². The highest BCUT2D eigenvalue weighted by atomic mass is 32.2. The molecule has 1 fully saturated rings. The Morgan fingerprint density at radius 3 is 2.10 bits per heavy atom. The highest BCUT2D eigenvalue weighted by Crippen LogP contribution is 2.21. The van der Waals surface area contributed by atoms with Crippen LogP contribution in [0.15, 0.2) is 53.4 Å². The van der Waals surface area contributed by atoms with Gasteiger partial charge in [-0.2, -0.15) is 4.31 Å². The molecule has 0 aromatic heterocycles. The zero-order valence-corrected chi connectivity index (χ0v) is 17.5. The van der Waals surface area contributed by atoms with Gasteiger partial charge in [0.15, 0.2) is 0 Å². The molecule has 3 rings (SSSR count). The van der Waals surface area contributed by atoms with E-state index in [0.29, 0.717) is 5.56 Å². The molecule has 0 aliphatic carbocycles. The molecule has 0 unspecified atom stereocenters. The first-order valence-electron chi connectivity index (χ1n) is 9.77. The second-order valence-corrected chi connectivity index (χ2v) is 8.75. The molecule has 29 heavy (non-hydrogen) atoms. The fourth-order valence-electron chi connectivity index (χ4n) is 3.51. The summed E-state index contributed by atoms with van der Waals surface area (Å²) in [4.78, 5) is 16.3. The quantitative estimate of drug-likeness (QED) is 0.723. The zero-order chi connectivity index (χ0) is 21.0. The molecule has 1 aliphatic heterocycles. The number of carbonyl (C=O) groups excluding carboxylic acids is 1. The van der Waals surface area contributed by atoms with Gasteiger partial charge in [0.2, 0.25) is 10.0 Å². The third kappa shape index (κ3) is 4.43. The molecule has 2 aromatic rings. The Labute approximate surface area is 171 Å². The summed E-state index contributed by atoms with van der Waals surface area (Å²) in [5.74, 6) is -0.890. The van der Waals surface area contributed by atoms with Crippen LogP contribution in [-0.4, -0.2) is 62.8 Å².